The minimum absolute atomic E-state index is 0.190. The van der Waals surface area contributed by atoms with Gasteiger partial charge in [-0.2, -0.15) is 0 Å². The van der Waals surface area contributed by atoms with E-state index in [9.17, 15) is 0 Å². The van der Waals surface area contributed by atoms with E-state index in [1.807, 2.05) is 18.7 Å². The number of imidazole rings is 1. The number of aromatic nitrogens is 2. The maximum atomic E-state index is 4.12. The van der Waals surface area contributed by atoms with Crippen LogP contribution in [-0.4, -0.2) is 15.6 Å². The highest BCUT2D eigenvalue weighted by Crippen LogP contribution is 2.32. The third-order valence-electron chi connectivity index (χ3n) is 3.22. The molecule has 3 nitrogen and oxygen atoms in total. The van der Waals surface area contributed by atoms with Crippen LogP contribution < -0.4 is 5.32 Å². The van der Waals surface area contributed by atoms with Gasteiger partial charge in [0.25, 0.3) is 0 Å². The average Bonchev–Trinajstić information content (AvgIpc) is 2.94. The third-order valence-corrected chi connectivity index (χ3v) is 6.47. The van der Waals surface area contributed by atoms with Crippen LogP contribution in [0.3, 0.4) is 0 Å². The van der Waals surface area contributed by atoms with Gasteiger partial charge in [-0.3, -0.25) is 0 Å². The lowest BCUT2D eigenvalue weighted by molar-refractivity contribution is 0.240. The monoisotopic (exact) mass is 419 g/mol. The Labute approximate surface area is 141 Å². The first-order chi connectivity index (χ1) is 9.36. The molecule has 0 aliphatic heterocycles. The molecule has 0 bridgehead atoms. The van der Waals surface area contributed by atoms with Gasteiger partial charge in [-0.05, 0) is 43.3 Å². The molecule has 2 aromatic rings. The Morgan fingerprint density at radius 3 is 2.65 bits per heavy atom. The first-order valence-corrected chi connectivity index (χ1v) is 8.89. The Bertz CT molecular complexity index is 524. The molecular weight excluding hydrogens is 402 g/mol. The van der Waals surface area contributed by atoms with Crippen molar-refractivity contribution in [2.24, 2.45) is 5.41 Å². The fourth-order valence-corrected chi connectivity index (χ4v) is 4.08. The van der Waals surface area contributed by atoms with Crippen molar-refractivity contribution in [1.82, 2.24) is 14.9 Å². The Hall–Kier alpha value is -0.170. The zero-order valence-electron chi connectivity index (χ0n) is 11.9. The summed E-state index contributed by atoms with van der Waals surface area (Å²) in [6.07, 6.45) is 5.71. The normalized spacial score (nSPS) is 13.7. The summed E-state index contributed by atoms with van der Waals surface area (Å²) >= 11 is 8.84. The van der Waals surface area contributed by atoms with E-state index in [0.717, 1.165) is 21.3 Å². The van der Waals surface area contributed by atoms with Gasteiger partial charge in [0, 0.05) is 40.9 Å². The number of hydrogen-bond acceptors (Lipinski definition) is 3. The van der Waals surface area contributed by atoms with Gasteiger partial charge in [0.15, 0.2) is 0 Å². The smallest absolute Gasteiger partial charge is 0.0946 e. The van der Waals surface area contributed by atoms with Gasteiger partial charge < -0.3 is 9.88 Å². The molecule has 0 aromatic carbocycles. The molecule has 6 heteroatoms. The number of rotatable bonds is 5. The summed E-state index contributed by atoms with van der Waals surface area (Å²) in [5.74, 6) is 0. The Balaban J connectivity index is 2.01. The topological polar surface area (TPSA) is 29.9 Å². The number of hydrogen-bond donors (Lipinski definition) is 1. The lowest BCUT2D eigenvalue weighted by atomic mass is 9.86. The zero-order valence-corrected chi connectivity index (χ0v) is 15.8. The molecule has 2 rings (SSSR count). The molecule has 1 unspecified atom stereocenters. The average molecular weight is 421 g/mol. The van der Waals surface area contributed by atoms with E-state index < -0.39 is 0 Å². The summed E-state index contributed by atoms with van der Waals surface area (Å²) < 4.78 is 4.40. The van der Waals surface area contributed by atoms with E-state index in [-0.39, 0.29) is 5.41 Å². The summed E-state index contributed by atoms with van der Waals surface area (Å²) in [7, 11) is 0. The molecule has 0 amide bonds. The third kappa shape index (κ3) is 4.41. The summed E-state index contributed by atoms with van der Waals surface area (Å²) in [5, 5.41) is 3.67. The molecule has 0 aliphatic rings. The van der Waals surface area contributed by atoms with Gasteiger partial charge in [-0.15, -0.1) is 11.3 Å². The van der Waals surface area contributed by atoms with Crippen molar-refractivity contribution in [3.05, 3.63) is 37.9 Å². The summed E-state index contributed by atoms with van der Waals surface area (Å²) in [5.41, 5.74) is 0.190. The fourth-order valence-electron chi connectivity index (χ4n) is 1.95. The highest BCUT2D eigenvalue weighted by Gasteiger charge is 2.24. The van der Waals surface area contributed by atoms with E-state index in [1.165, 1.54) is 4.88 Å². The molecule has 1 atom stereocenters. The Morgan fingerprint density at radius 2 is 2.15 bits per heavy atom. The molecule has 0 saturated heterocycles. The van der Waals surface area contributed by atoms with E-state index in [1.54, 1.807) is 11.3 Å². The summed E-state index contributed by atoms with van der Waals surface area (Å²) in [6.45, 7) is 8.61. The molecule has 2 heterocycles. The zero-order chi connectivity index (χ0) is 14.8. The van der Waals surface area contributed by atoms with E-state index >= 15 is 0 Å². The summed E-state index contributed by atoms with van der Waals surface area (Å²) in [6, 6.07) is 2.55. The van der Waals surface area contributed by atoms with Gasteiger partial charge in [0.05, 0.1) is 10.1 Å². The molecule has 20 heavy (non-hydrogen) atoms. The minimum atomic E-state index is 0.190. The van der Waals surface area contributed by atoms with Crippen LogP contribution in [0.2, 0.25) is 0 Å². The van der Waals surface area contributed by atoms with Crippen LogP contribution in [0, 0.1) is 5.41 Å². The highest BCUT2D eigenvalue weighted by molar-refractivity contribution is 9.13. The van der Waals surface area contributed by atoms with Crippen molar-refractivity contribution in [2.45, 2.75) is 39.9 Å². The van der Waals surface area contributed by atoms with Crippen LogP contribution in [0.1, 0.15) is 25.6 Å². The molecule has 0 radical (unpaired) electrons. The Morgan fingerprint density at radius 1 is 1.40 bits per heavy atom. The van der Waals surface area contributed by atoms with Gasteiger partial charge in [-0.1, -0.05) is 20.8 Å². The van der Waals surface area contributed by atoms with Gasteiger partial charge in [0.1, 0.15) is 0 Å². The largest absolute Gasteiger partial charge is 0.336 e. The first-order valence-electron chi connectivity index (χ1n) is 6.49. The number of halogens is 2. The molecule has 0 saturated carbocycles. The van der Waals surface area contributed by atoms with Crippen LogP contribution in [0.15, 0.2) is 33.0 Å². The predicted molar refractivity (Wildman–Crippen MR) is 92.0 cm³/mol. The second kappa shape index (κ2) is 6.73. The van der Waals surface area contributed by atoms with Crippen molar-refractivity contribution in [2.75, 3.05) is 0 Å². The highest BCUT2D eigenvalue weighted by atomic mass is 79.9. The second-order valence-corrected chi connectivity index (χ2v) is 9.20. The second-order valence-electron chi connectivity index (χ2n) is 5.89. The molecule has 0 aliphatic carbocycles. The van der Waals surface area contributed by atoms with Crippen molar-refractivity contribution >= 4 is 43.2 Å². The van der Waals surface area contributed by atoms with Gasteiger partial charge in [0.2, 0.25) is 0 Å². The SMILES string of the molecule is CC(C)(C)C(Cn1ccnc1)NCc1cc(Br)c(Br)s1. The van der Waals surface area contributed by atoms with Gasteiger partial charge in [-0.25, -0.2) is 4.98 Å². The van der Waals surface area contributed by atoms with Crippen LogP contribution in [0.25, 0.3) is 0 Å². The number of nitrogens with zero attached hydrogens (tertiary/aromatic N) is 2. The number of nitrogens with one attached hydrogen (secondary N) is 1. The van der Waals surface area contributed by atoms with Crippen LogP contribution in [-0.2, 0) is 13.1 Å². The van der Waals surface area contributed by atoms with E-state index in [4.69, 9.17) is 0 Å². The maximum absolute atomic E-state index is 4.12. The summed E-state index contributed by atoms with van der Waals surface area (Å²) in [4.78, 5) is 5.44. The molecular formula is C14H19Br2N3S. The lowest BCUT2D eigenvalue weighted by Gasteiger charge is -2.32. The maximum Gasteiger partial charge on any atom is 0.0946 e. The minimum Gasteiger partial charge on any atom is -0.336 e. The van der Waals surface area contributed by atoms with Gasteiger partial charge >= 0.3 is 0 Å². The van der Waals surface area contributed by atoms with Crippen LogP contribution in [0.5, 0.6) is 0 Å². The standard InChI is InChI=1S/C14H19Br2N3S/c1-14(2,3)12(8-19-5-4-17-9-19)18-7-10-6-11(15)13(16)20-10/h4-6,9,12,18H,7-8H2,1-3H3. The van der Waals surface area contributed by atoms with Crippen molar-refractivity contribution in [3.8, 4) is 0 Å². The quantitative estimate of drug-likeness (QED) is 0.761. The van der Waals surface area contributed by atoms with Crippen LogP contribution >= 0.6 is 43.2 Å². The van der Waals surface area contributed by atoms with Crippen molar-refractivity contribution in [3.63, 3.8) is 0 Å². The van der Waals surface area contributed by atoms with Crippen molar-refractivity contribution in [1.29, 1.82) is 0 Å². The number of thiophene rings is 1. The molecule has 1 N–H and O–H groups in total. The molecule has 110 valence electrons. The van der Waals surface area contributed by atoms with E-state index in [0.29, 0.717) is 6.04 Å². The van der Waals surface area contributed by atoms with Crippen LogP contribution in [0.4, 0.5) is 0 Å². The molecule has 0 spiro atoms. The fraction of sp³-hybridized carbons (Fsp3) is 0.500. The Kier molecular flexibility index (Phi) is 5.45. The lowest BCUT2D eigenvalue weighted by Crippen LogP contribution is -2.42. The first kappa shape index (κ1) is 16.2. The molecule has 0 fully saturated rings. The molecule has 2 aromatic heterocycles. The van der Waals surface area contributed by atoms with Crippen molar-refractivity contribution < 1.29 is 0 Å². The predicted octanol–water partition coefficient (Wildman–Crippen LogP) is 4.67. The van der Waals surface area contributed by atoms with E-state index in [2.05, 4.69) is 73.6 Å².